The van der Waals surface area contributed by atoms with Crippen LogP contribution in [0.25, 0.3) is 0 Å². The topological polar surface area (TPSA) is 88.2 Å². The third-order valence-electron chi connectivity index (χ3n) is 2.24. The van der Waals surface area contributed by atoms with E-state index in [2.05, 4.69) is 10.3 Å². The van der Waals surface area contributed by atoms with Gasteiger partial charge in [0, 0.05) is 18.3 Å². The number of carbonyl (C=O) groups is 1. The smallest absolute Gasteiger partial charge is 0.272 e. The van der Waals surface area contributed by atoms with E-state index in [1.54, 1.807) is 12.1 Å². The average molecular weight is 223 g/mol. The summed E-state index contributed by atoms with van der Waals surface area (Å²) in [5.41, 5.74) is 5.73. The van der Waals surface area contributed by atoms with Crippen LogP contribution in [-0.2, 0) is 0 Å². The number of aromatic nitrogens is 1. The maximum Gasteiger partial charge on any atom is 0.272 e. The third-order valence-corrected chi connectivity index (χ3v) is 2.24. The van der Waals surface area contributed by atoms with Crippen molar-refractivity contribution in [2.75, 3.05) is 12.3 Å². The quantitative estimate of drug-likeness (QED) is 0.695. The molecular weight excluding hydrogens is 206 g/mol. The number of amides is 1. The Hall–Kier alpha value is -1.62. The second-order valence-corrected chi connectivity index (χ2v) is 4.25. The fourth-order valence-electron chi connectivity index (χ4n) is 1.32. The van der Waals surface area contributed by atoms with E-state index in [9.17, 15) is 4.79 Å². The summed E-state index contributed by atoms with van der Waals surface area (Å²) in [7, 11) is 0. The number of aliphatic hydroxyl groups is 1. The van der Waals surface area contributed by atoms with Gasteiger partial charge in [-0.05, 0) is 32.4 Å². The number of hydrogen-bond acceptors (Lipinski definition) is 4. The van der Waals surface area contributed by atoms with E-state index in [1.165, 1.54) is 6.20 Å². The molecule has 5 nitrogen and oxygen atoms in total. The van der Waals surface area contributed by atoms with Crippen molar-refractivity contribution in [2.45, 2.75) is 25.8 Å². The van der Waals surface area contributed by atoms with Crippen molar-refractivity contribution in [3.8, 4) is 0 Å². The molecule has 0 aliphatic rings. The molecule has 0 saturated heterocycles. The van der Waals surface area contributed by atoms with E-state index in [4.69, 9.17) is 10.8 Å². The van der Waals surface area contributed by atoms with E-state index in [1.807, 2.05) is 13.8 Å². The largest absolute Gasteiger partial charge is 0.397 e. The molecule has 0 fully saturated rings. The van der Waals surface area contributed by atoms with Crippen molar-refractivity contribution >= 4 is 11.6 Å². The number of carbonyl (C=O) groups excluding carboxylic acids is 1. The molecular formula is C11H17N3O2. The standard InChI is InChI=1S/C11H17N3O2/c1-11(2,5-7-15)14-10(16)9-8(12)4-3-6-13-9/h3-4,6,15H,5,7,12H2,1-2H3,(H,14,16). The molecule has 1 rings (SSSR count). The Morgan fingerprint density at radius 2 is 2.31 bits per heavy atom. The van der Waals surface area contributed by atoms with E-state index in [-0.39, 0.29) is 18.2 Å². The van der Waals surface area contributed by atoms with Gasteiger partial charge < -0.3 is 16.2 Å². The van der Waals surface area contributed by atoms with Gasteiger partial charge in [-0.3, -0.25) is 4.79 Å². The van der Waals surface area contributed by atoms with Crippen LogP contribution in [0, 0.1) is 0 Å². The van der Waals surface area contributed by atoms with Crippen LogP contribution in [0.5, 0.6) is 0 Å². The Labute approximate surface area is 94.7 Å². The molecule has 1 aromatic rings. The van der Waals surface area contributed by atoms with Crippen LogP contribution < -0.4 is 11.1 Å². The minimum absolute atomic E-state index is 0.0188. The van der Waals surface area contributed by atoms with Gasteiger partial charge in [0.1, 0.15) is 0 Å². The van der Waals surface area contributed by atoms with Crippen LogP contribution >= 0.6 is 0 Å². The molecule has 16 heavy (non-hydrogen) atoms. The summed E-state index contributed by atoms with van der Waals surface area (Å²) in [5, 5.41) is 11.6. The van der Waals surface area contributed by atoms with Crippen molar-refractivity contribution in [1.82, 2.24) is 10.3 Å². The van der Waals surface area contributed by atoms with E-state index < -0.39 is 5.54 Å². The number of nitrogen functional groups attached to an aromatic ring is 1. The first-order valence-corrected chi connectivity index (χ1v) is 5.10. The average Bonchev–Trinajstić information content (AvgIpc) is 2.17. The number of anilines is 1. The van der Waals surface area contributed by atoms with Gasteiger partial charge in [-0.15, -0.1) is 0 Å². The molecule has 0 radical (unpaired) electrons. The lowest BCUT2D eigenvalue weighted by atomic mass is 10.0. The third kappa shape index (κ3) is 3.20. The predicted molar refractivity (Wildman–Crippen MR) is 61.9 cm³/mol. The number of nitrogens with two attached hydrogens (primary N) is 1. The first kappa shape index (κ1) is 12.4. The van der Waals surface area contributed by atoms with Gasteiger partial charge in [0.05, 0.1) is 5.69 Å². The summed E-state index contributed by atoms with van der Waals surface area (Å²) in [4.78, 5) is 15.7. The Morgan fingerprint density at radius 3 is 2.88 bits per heavy atom. The normalized spacial score (nSPS) is 11.2. The molecule has 1 amide bonds. The van der Waals surface area contributed by atoms with E-state index in [0.29, 0.717) is 12.1 Å². The highest BCUT2D eigenvalue weighted by atomic mass is 16.3. The summed E-state index contributed by atoms with van der Waals surface area (Å²) in [6.07, 6.45) is 2.00. The monoisotopic (exact) mass is 223 g/mol. The van der Waals surface area contributed by atoms with Crippen LogP contribution in [0.15, 0.2) is 18.3 Å². The highest BCUT2D eigenvalue weighted by molar-refractivity contribution is 5.97. The summed E-state index contributed by atoms with van der Waals surface area (Å²) in [5.74, 6) is -0.323. The van der Waals surface area contributed by atoms with Crippen LogP contribution in [0.4, 0.5) is 5.69 Å². The maximum atomic E-state index is 11.8. The van der Waals surface area contributed by atoms with Crippen molar-refractivity contribution in [2.24, 2.45) is 0 Å². The molecule has 0 saturated carbocycles. The Kier molecular flexibility index (Phi) is 3.84. The Balaban J connectivity index is 2.77. The molecule has 0 unspecified atom stereocenters. The molecule has 5 heteroatoms. The van der Waals surface area contributed by atoms with Gasteiger partial charge in [0.2, 0.25) is 0 Å². The molecule has 4 N–H and O–H groups in total. The SMILES string of the molecule is CC(C)(CCO)NC(=O)c1ncccc1N. The van der Waals surface area contributed by atoms with Gasteiger partial charge in [-0.2, -0.15) is 0 Å². The van der Waals surface area contributed by atoms with Gasteiger partial charge in [0.15, 0.2) is 5.69 Å². The number of pyridine rings is 1. The number of nitrogens with one attached hydrogen (secondary N) is 1. The molecule has 0 aromatic carbocycles. The maximum absolute atomic E-state index is 11.8. The van der Waals surface area contributed by atoms with E-state index in [0.717, 1.165) is 0 Å². The predicted octanol–water partition coefficient (Wildman–Crippen LogP) is 0.555. The summed E-state index contributed by atoms with van der Waals surface area (Å²) >= 11 is 0. The van der Waals surface area contributed by atoms with Gasteiger partial charge in [-0.25, -0.2) is 4.98 Å². The molecule has 0 spiro atoms. The number of aliphatic hydroxyl groups excluding tert-OH is 1. The van der Waals surface area contributed by atoms with Crippen LogP contribution in [0.1, 0.15) is 30.8 Å². The minimum Gasteiger partial charge on any atom is -0.397 e. The highest BCUT2D eigenvalue weighted by Gasteiger charge is 2.22. The zero-order chi connectivity index (χ0) is 12.2. The van der Waals surface area contributed by atoms with Crippen LogP contribution in [-0.4, -0.2) is 28.1 Å². The molecule has 1 heterocycles. The lowest BCUT2D eigenvalue weighted by Gasteiger charge is -2.25. The van der Waals surface area contributed by atoms with Gasteiger partial charge >= 0.3 is 0 Å². The van der Waals surface area contributed by atoms with Crippen molar-refractivity contribution in [3.05, 3.63) is 24.0 Å². The molecule has 0 atom stereocenters. The molecule has 0 aliphatic carbocycles. The zero-order valence-corrected chi connectivity index (χ0v) is 9.53. The number of rotatable bonds is 4. The van der Waals surface area contributed by atoms with Crippen molar-refractivity contribution in [3.63, 3.8) is 0 Å². The van der Waals surface area contributed by atoms with Crippen molar-refractivity contribution < 1.29 is 9.90 Å². The molecule has 0 aliphatic heterocycles. The Morgan fingerprint density at radius 1 is 1.62 bits per heavy atom. The van der Waals surface area contributed by atoms with Gasteiger partial charge in [-0.1, -0.05) is 0 Å². The molecule has 88 valence electrons. The van der Waals surface area contributed by atoms with E-state index >= 15 is 0 Å². The van der Waals surface area contributed by atoms with Crippen LogP contribution in [0.2, 0.25) is 0 Å². The fourth-order valence-corrected chi connectivity index (χ4v) is 1.32. The summed E-state index contributed by atoms with van der Waals surface area (Å²) in [6.45, 7) is 3.69. The lowest BCUT2D eigenvalue weighted by Crippen LogP contribution is -2.44. The van der Waals surface area contributed by atoms with Crippen LogP contribution in [0.3, 0.4) is 0 Å². The fraction of sp³-hybridized carbons (Fsp3) is 0.455. The molecule has 0 bridgehead atoms. The first-order chi connectivity index (χ1) is 7.46. The Bertz CT molecular complexity index is 377. The zero-order valence-electron chi connectivity index (χ0n) is 9.53. The molecule has 1 aromatic heterocycles. The minimum atomic E-state index is -0.476. The first-order valence-electron chi connectivity index (χ1n) is 5.10. The highest BCUT2D eigenvalue weighted by Crippen LogP contribution is 2.11. The summed E-state index contributed by atoms with van der Waals surface area (Å²) in [6, 6.07) is 3.30. The van der Waals surface area contributed by atoms with Gasteiger partial charge in [0.25, 0.3) is 5.91 Å². The summed E-state index contributed by atoms with van der Waals surface area (Å²) < 4.78 is 0. The number of hydrogen-bond donors (Lipinski definition) is 3. The second kappa shape index (κ2) is 4.94. The number of nitrogens with zero attached hydrogens (tertiary/aromatic N) is 1. The van der Waals surface area contributed by atoms with Crippen molar-refractivity contribution in [1.29, 1.82) is 0 Å². The second-order valence-electron chi connectivity index (χ2n) is 4.25. The lowest BCUT2D eigenvalue weighted by molar-refractivity contribution is 0.0895.